The van der Waals surface area contributed by atoms with E-state index in [1.165, 1.54) is 0 Å². The fourth-order valence-corrected chi connectivity index (χ4v) is 5.10. The third-order valence-corrected chi connectivity index (χ3v) is 7.22. The van der Waals surface area contributed by atoms with E-state index >= 15 is 0 Å². The van der Waals surface area contributed by atoms with Crippen LogP contribution in [0.2, 0.25) is 0 Å². The largest absolute Gasteiger partial charge is 0.384 e. The molecule has 0 spiro atoms. The molecule has 4 atom stereocenters. The van der Waals surface area contributed by atoms with Gasteiger partial charge >= 0.3 is 0 Å². The smallest absolute Gasteiger partial charge is 0.167 e. The zero-order valence-corrected chi connectivity index (χ0v) is 23.0. The van der Waals surface area contributed by atoms with Crippen molar-refractivity contribution in [3.8, 4) is 0 Å². The van der Waals surface area contributed by atoms with Crippen LogP contribution in [0.3, 0.4) is 0 Å². The molecule has 0 heterocycles. The average molecular weight is 553 g/mol. The third-order valence-electron chi connectivity index (χ3n) is 7.22. The lowest BCUT2D eigenvalue weighted by atomic mass is 9.78. The van der Waals surface area contributed by atoms with Crippen LogP contribution in [0.1, 0.15) is 28.7 Å². The Morgan fingerprint density at radius 2 is 1.00 bits per heavy atom. The van der Waals surface area contributed by atoms with Crippen LogP contribution in [0.5, 0.6) is 0 Å². The lowest BCUT2D eigenvalue weighted by Gasteiger charge is -2.46. The Kier molecular flexibility index (Phi) is 10.1. The van der Waals surface area contributed by atoms with Crippen molar-refractivity contribution in [2.24, 2.45) is 0 Å². The van der Waals surface area contributed by atoms with E-state index in [0.29, 0.717) is 6.61 Å². The van der Waals surface area contributed by atoms with Gasteiger partial charge in [0, 0.05) is 6.42 Å². The minimum absolute atomic E-state index is 0.0936. The molecule has 0 bridgehead atoms. The SMILES string of the molecule is O=C1C[C@](O)(COCc2ccccc2)C(OCc2ccccc2)C(OCc2ccccc2)C1OCc1ccccc1. The van der Waals surface area contributed by atoms with Crippen LogP contribution < -0.4 is 0 Å². The Labute approximate surface area is 241 Å². The first kappa shape index (κ1) is 28.9. The van der Waals surface area contributed by atoms with Gasteiger partial charge in [0.1, 0.15) is 23.9 Å². The van der Waals surface area contributed by atoms with Gasteiger partial charge in [-0.05, 0) is 22.3 Å². The van der Waals surface area contributed by atoms with Crippen LogP contribution in [0, 0.1) is 0 Å². The van der Waals surface area contributed by atoms with E-state index in [1.54, 1.807) is 0 Å². The molecule has 41 heavy (non-hydrogen) atoms. The number of benzene rings is 4. The molecule has 1 aliphatic carbocycles. The van der Waals surface area contributed by atoms with Gasteiger partial charge < -0.3 is 24.1 Å². The monoisotopic (exact) mass is 552 g/mol. The van der Waals surface area contributed by atoms with E-state index in [0.717, 1.165) is 22.3 Å². The lowest BCUT2D eigenvalue weighted by molar-refractivity contribution is -0.240. The molecule has 1 saturated carbocycles. The fourth-order valence-electron chi connectivity index (χ4n) is 5.10. The molecule has 0 saturated heterocycles. The van der Waals surface area contributed by atoms with E-state index in [2.05, 4.69) is 0 Å². The van der Waals surface area contributed by atoms with Crippen molar-refractivity contribution in [3.05, 3.63) is 144 Å². The summed E-state index contributed by atoms with van der Waals surface area (Å²) in [6.45, 7) is 0.903. The van der Waals surface area contributed by atoms with E-state index in [-0.39, 0.29) is 38.6 Å². The van der Waals surface area contributed by atoms with Crippen molar-refractivity contribution in [1.29, 1.82) is 0 Å². The van der Waals surface area contributed by atoms with Gasteiger partial charge in [0.25, 0.3) is 0 Å². The van der Waals surface area contributed by atoms with E-state index < -0.39 is 23.9 Å². The summed E-state index contributed by atoms with van der Waals surface area (Å²) in [5.74, 6) is -0.246. The predicted octanol–water partition coefficient (Wildman–Crippen LogP) is 5.66. The quantitative estimate of drug-likeness (QED) is 0.231. The molecule has 0 aliphatic heterocycles. The van der Waals surface area contributed by atoms with Gasteiger partial charge in [0.15, 0.2) is 5.78 Å². The Hall–Kier alpha value is -3.65. The van der Waals surface area contributed by atoms with Crippen molar-refractivity contribution in [2.45, 2.75) is 56.8 Å². The normalized spacial score (nSPS) is 22.5. The number of hydrogen-bond donors (Lipinski definition) is 1. The molecule has 0 radical (unpaired) electrons. The van der Waals surface area contributed by atoms with Crippen LogP contribution >= 0.6 is 0 Å². The number of Topliss-reactive ketones (excluding diaryl/α,β-unsaturated/α-hetero) is 1. The average Bonchev–Trinajstić information content (AvgIpc) is 3.01. The van der Waals surface area contributed by atoms with Gasteiger partial charge in [-0.2, -0.15) is 0 Å². The van der Waals surface area contributed by atoms with Gasteiger partial charge in [-0.15, -0.1) is 0 Å². The second-order valence-corrected chi connectivity index (χ2v) is 10.4. The molecule has 4 aromatic rings. The number of carbonyl (C=O) groups is 1. The number of ether oxygens (including phenoxy) is 4. The summed E-state index contributed by atoms with van der Waals surface area (Å²) in [6, 6.07) is 38.9. The number of carbonyl (C=O) groups excluding carboxylic acids is 1. The van der Waals surface area contributed by atoms with Crippen molar-refractivity contribution < 1.29 is 28.8 Å². The highest BCUT2D eigenvalue weighted by molar-refractivity contribution is 5.86. The molecule has 6 heteroatoms. The highest BCUT2D eigenvalue weighted by Crippen LogP contribution is 2.35. The Bertz CT molecular complexity index is 1330. The van der Waals surface area contributed by atoms with E-state index in [4.69, 9.17) is 18.9 Å². The molecule has 1 aliphatic rings. The first-order valence-electron chi connectivity index (χ1n) is 13.9. The molecule has 4 aromatic carbocycles. The molecule has 6 nitrogen and oxygen atoms in total. The number of rotatable bonds is 13. The zero-order chi connectivity index (χ0) is 28.3. The number of ketones is 1. The maximum Gasteiger partial charge on any atom is 0.167 e. The van der Waals surface area contributed by atoms with Gasteiger partial charge in [0.2, 0.25) is 0 Å². The van der Waals surface area contributed by atoms with Gasteiger partial charge in [-0.25, -0.2) is 0 Å². The molecule has 1 N–H and O–H groups in total. The summed E-state index contributed by atoms with van der Waals surface area (Å²) in [6.07, 6.45) is -2.85. The molecule has 1 fully saturated rings. The Balaban J connectivity index is 1.40. The first-order chi connectivity index (χ1) is 20.1. The standard InChI is InChI=1S/C35H36O6/c36-31-21-35(37,26-38-22-27-13-5-1-6-14-27)34(41-25-30-19-11-4-12-20-30)33(40-24-29-17-9-3-10-18-29)32(31)39-23-28-15-7-2-8-16-28/h1-20,32-34,37H,21-26H2/t32?,33?,34?,35-/m0/s1. The van der Waals surface area contributed by atoms with Crippen LogP contribution in [-0.2, 0) is 50.2 Å². The number of aliphatic hydroxyl groups is 1. The third kappa shape index (κ3) is 7.97. The van der Waals surface area contributed by atoms with Crippen LogP contribution in [0.25, 0.3) is 0 Å². The van der Waals surface area contributed by atoms with Gasteiger partial charge in [-0.1, -0.05) is 121 Å². The second kappa shape index (κ2) is 14.3. The van der Waals surface area contributed by atoms with Gasteiger partial charge in [-0.3, -0.25) is 4.79 Å². The summed E-state index contributed by atoms with van der Waals surface area (Å²) in [5, 5.41) is 12.0. The van der Waals surface area contributed by atoms with E-state index in [9.17, 15) is 9.90 Å². The maximum atomic E-state index is 13.6. The topological polar surface area (TPSA) is 74.2 Å². The Morgan fingerprint density at radius 1 is 0.585 bits per heavy atom. The molecular formula is C35H36O6. The minimum atomic E-state index is -1.62. The summed E-state index contributed by atoms with van der Waals surface area (Å²) in [5.41, 5.74) is 2.18. The molecule has 0 aromatic heterocycles. The summed E-state index contributed by atoms with van der Waals surface area (Å²) >= 11 is 0. The minimum Gasteiger partial charge on any atom is -0.384 e. The van der Waals surface area contributed by atoms with E-state index in [1.807, 2.05) is 121 Å². The predicted molar refractivity (Wildman–Crippen MR) is 156 cm³/mol. The molecule has 0 amide bonds. The summed E-state index contributed by atoms with van der Waals surface area (Å²) < 4.78 is 25.1. The lowest BCUT2D eigenvalue weighted by Crippen LogP contribution is -2.65. The van der Waals surface area contributed by atoms with Crippen LogP contribution in [0.15, 0.2) is 121 Å². The van der Waals surface area contributed by atoms with Crippen molar-refractivity contribution >= 4 is 5.78 Å². The highest BCUT2D eigenvalue weighted by Gasteiger charge is 2.55. The zero-order valence-electron chi connectivity index (χ0n) is 23.0. The molecule has 3 unspecified atom stereocenters. The number of hydrogen-bond acceptors (Lipinski definition) is 6. The van der Waals surface area contributed by atoms with Crippen LogP contribution in [0.4, 0.5) is 0 Å². The summed E-state index contributed by atoms with van der Waals surface area (Å²) in [4.78, 5) is 13.6. The van der Waals surface area contributed by atoms with Crippen molar-refractivity contribution in [3.63, 3.8) is 0 Å². The van der Waals surface area contributed by atoms with Crippen LogP contribution in [-0.4, -0.2) is 41.4 Å². The maximum absolute atomic E-state index is 13.6. The highest BCUT2D eigenvalue weighted by atomic mass is 16.6. The Morgan fingerprint density at radius 3 is 1.49 bits per heavy atom. The molecule has 212 valence electrons. The summed E-state index contributed by atoms with van der Waals surface area (Å²) in [7, 11) is 0. The first-order valence-corrected chi connectivity index (χ1v) is 13.9. The van der Waals surface area contributed by atoms with Crippen molar-refractivity contribution in [2.75, 3.05) is 6.61 Å². The molecule has 5 rings (SSSR count). The second-order valence-electron chi connectivity index (χ2n) is 10.4. The van der Waals surface area contributed by atoms with Crippen molar-refractivity contribution in [1.82, 2.24) is 0 Å². The fraction of sp³-hybridized carbons (Fsp3) is 0.286. The molecular weight excluding hydrogens is 516 g/mol. The van der Waals surface area contributed by atoms with Gasteiger partial charge in [0.05, 0.1) is 33.0 Å².